The van der Waals surface area contributed by atoms with Crippen LogP contribution in [0.3, 0.4) is 0 Å². The van der Waals surface area contributed by atoms with E-state index in [2.05, 4.69) is 32.1 Å². The Morgan fingerprint density at radius 2 is 2.10 bits per heavy atom. The second-order valence-electron chi connectivity index (χ2n) is 5.34. The highest BCUT2D eigenvalue weighted by molar-refractivity contribution is 5.60. The van der Waals surface area contributed by atoms with Crippen molar-refractivity contribution in [1.29, 1.82) is 0 Å². The molecule has 21 heavy (non-hydrogen) atoms. The molecule has 0 spiro atoms. The second-order valence-corrected chi connectivity index (χ2v) is 5.34. The molecule has 5 heteroatoms. The Hall–Kier alpha value is -2.56. The molecule has 0 bridgehead atoms. The van der Waals surface area contributed by atoms with Crippen LogP contribution in [0.4, 0.5) is 5.69 Å². The lowest BCUT2D eigenvalue weighted by atomic mass is 10.2. The maximum atomic E-state index is 4.31. The van der Waals surface area contributed by atoms with E-state index < -0.39 is 0 Å². The first kappa shape index (κ1) is 12.2. The SMILES string of the molecule is c1ccc(-n2cccn2)c(NCc2cncn2C2CC2)c1. The van der Waals surface area contributed by atoms with Crippen molar-refractivity contribution in [1.82, 2.24) is 19.3 Å². The van der Waals surface area contributed by atoms with E-state index in [1.54, 1.807) is 6.20 Å². The molecule has 1 aliphatic carbocycles. The van der Waals surface area contributed by atoms with E-state index in [1.165, 1.54) is 18.5 Å². The van der Waals surface area contributed by atoms with Gasteiger partial charge in [-0.1, -0.05) is 12.1 Å². The van der Waals surface area contributed by atoms with Crippen molar-refractivity contribution in [2.45, 2.75) is 25.4 Å². The van der Waals surface area contributed by atoms with E-state index in [4.69, 9.17) is 0 Å². The summed E-state index contributed by atoms with van der Waals surface area (Å²) < 4.78 is 4.16. The van der Waals surface area contributed by atoms with Crippen LogP contribution < -0.4 is 5.32 Å². The van der Waals surface area contributed by atoms with Crippen LogP contribution in [0, 0.1) is 0 Å². The van der Waals surface area contributed by atoms with Gasteiger partial charge in [-0.2, -0.15) is 5.10 Å². The molecule has 1 fully saturated rings. The molecule has 1 N–H and O–H groups in total. The molecule has 0 saturated heterocycles. The number of benzene rings is 1. The number of hydrogen-bond donors (Lipinski definition) is 1. The molecule has 0 atom stereocenters. The van der Waals surface area contributed by atoms with Gasteiger partial charge in [-0.15, -0.1) is 0 Å². The van der Waals surface area contributed by atoms with Crippen LogP contribution in [0.2, 0.25) is 0 Å². The third-order valence-corrected chi connectivity index (χ3v) is 3.80. The molecule has 1 aromatic carbocycles. The minimum Gasteiger partial charge on any atom is -0.378 e. The smallest absolute Gasteiger partial charge is 0.0951 e. The van der Waals surface area contributed by atoms with Crippen LogP contribution >= 0.6 is 0 Å². The largest absolute Gasteiger partial charge is 0.378 e. The van der Waals surface area contributed by atoms with Crippen LogP contribution in [-0.4, -0.2) is 19.3 Å². The topological polar surface area (TPSA) is 47.7 Å². The number of hydrogen-bond acceptors (Lipinski definition) is 3. The van der Waals surface area contributed by atoms with Gasteiger partial charge in [0, 0.05) is 24.6 Å². The quantitative estimate of drug-likeness (QED) is 0.781. The molecule has 1 aliphatic rings. The van der Waals surface area contributed by atoms with E-state index in [-0.39, 0.29) is 0 Å². The van der Waals surface area contributed by atoms with Gasteiger partial charge in [0.05, 0.1) is 29.9 Å². The fourth-order valence-corrected chi connectivity index (χ4v) is 2.57. The normalized spacial score (nSPS) is 14.3. The molecule has 5 nitrogen and oxygen atoms in total. The predicted octanol–water partition coefficient (Wildman–Crippen LogP) is 3.02. The fourth-order valence-electron chi connectivity index (χ4n) is 2.57. The van der Waals surface area contributed by atoms with Crippen LogP contribution in [0.15, 0.2) is 55.2 Å². The lowest BCUT2D eigenvalue weighted by Crippen LogP contribution is -2.08. The summed E-state index contributed by atoms with van der Waals surface area (Å²) in [5.74, 6) is 0. The molecule has 106 valence electrons. The van der Waals surface area contributed by atoms with Crippen molar-refractivity contribution in [3.8, 4) is 5.69 Å². The first-order valence-electron chi connectivity index (χ1n) is 7.25. The molecular formula is C16H17N5. The summed E-state index contributed by atoms with van der Waals surface area (Å²) in [6, 6.07) is 10.8. The number of para-hydroxylation sites is 2. The van der Waals surface area contributed by atoms with Crippen molar-refractivity contribution < 1.29 is 0 Å². The van der Waals surface area contributed by atoms with Crippen molar-refractivity contribution in [2.24, 2.45) is 0 Å². The molecule has 3 aromatic rings. The molecule has 1 saturated carbocycles. The Bertz CT molecular complexity index is 725. The monoisotopic (exact) mass is 279 g/mol. The zero-order chi connectivity index (χ0) is 14.1. The molecule has 0 unspecified atom stereocenters. The van der Waals surface area contributed by atoms with Crippen LogP contribution in [0.5, 0.6) is 0 Å². The predicted molar refractivity (Wildman–Crippen MR) is 81.4 cm³/mol. The van der Waals surface area contributed by atoms with Crippen LogP contribution in [0.25, 0.3) is 5.69 Å². The van der Waals surface area contributed by atoms with Gasteiger partial charge in [-0.3, -0.25) is 0 Å². The average Bonchev–Trinajstić information content (AvgIpc) is 3.04. The molecule has 2 aromatic heterocycles. The summed E-state index contributed by atoms with van der Waals surface area (Å²) in [5.41, 5.74) is 3.36. The lowest BCUT2D eigenvalue weighted by Gasteiger charge is -2.13. The van der Waals surface area contributed by atoms with Crippen molar-refractivity contribution in [3.05, 3.63) is 60.9 Å². The highest BCUT2D eigenvalue weighted by Gasteiger charge is 2.25. The second kappa shape index (κ2) is 5.09. The number of imidazole rings is 1. The average molecular weight is 279 g/mol. The molecule has 2 heterocycles. The first-order valence-corrected chi connectivity index (χ1v) is 7.25. The Morgan fingerprint density at radius 3 is 2.90 bits per heavy atom. The van der Waals surface area contributed by atoms with E-state index in [0.29, 0.717) is 6.04 Å². The van der Waals surface area contributed by atoms with Gasteiger partial charge in [0.25, 0.3) is 0 Å². The van der Waals surface area contributed by atoms with E-state index in [0.717, 1.165) is 17.9 Å². The maximum absolute atomic E-state index is 4.31. The van der Waals surface area contributed by atoms with E-state index in [1.807, 2.05) is 41.6 Å². The van der Waals surface area contributed by atoms with Crippen molar-refractivity contribution in [2.75, 3.05) is 5.32 Å². The van der Waals surface area contributed by atoms with Gasteiger partial charge < -0.3 is 9.88 Å². The summed E-state index contributed by atoms with van der Waals surface area (Å²) in [6.07, 6.45) is 10.2. The number of rotatable bonds is 5. The fraction of sp³-hybridized carbons (Fsp3) is 0.250. The van der Waals surface area contributed by atoms with Gasteiger partial charge in [-0.25, -0.2) is 9.67 Å². The Balaban J connectivity index is 1.56. The molecule has 0 radical (unpaired) electrons. The third-order valence-electron chi connectivity index (χ3n) is 3.80. The summed E-state index contributed by atoms with van der Waals surface area (Å²) >= 11 is 0. The number of nitrogens with one attached hydrogen (secondary N) is 1. The highest BCUT2D eigenvalue weighted by atomic mass is 15.3. The van der Waals surface area contributed by atoms with Gasteiger partial charge in [0.1, 0.15) is 0 Å². The lowest BCUT2D eigenvalue weighted by molar-refractivity contribution is 0.700. The van der Waals surface area contributed by atoms with Gasteiger partial charge in [0.15, 0.2) is 0 Å². The standard InChI is InChI=1S/C16H17N5/c1-2-5-16(21-9-3-8-19-21)15(4-1)18-11-14-10-17-12-20(14)13-6-7-13/h1-5,8-10,12-13,18H,6-7,11H2. The molecule has 4 rings (SSSR count). The summed E-state index contributed by atoms with van der Waals surface area (Å²) in [5, 5.41) is 7.81. The number of nitrogens with zero attached hydrogens (tertiary/aromatic N) is 4. The number of anilines is 1. The maximum Gasteiger partial charge on any atom is 0.0951 e. The number of aromatic nitrogens is 4. The molecule has 0 aliphatic heterocycles. The minimum absolute atomic E-state index is 0.658. The van der Waals surface area contributed by atoms with E-state index in [9.17, 15) is 0 Å². The molecular weight excluding hydrogens is 262 g/mol. The third kappa shape index (κ3) is 2.42. The zero-order valence-electron chi connectivity index (χ0n) is 11.7. The van der Waals surface area contributed by atoms with Crippen molar-refractivity contribution >= 4 is 5.69 Å². The van der Waals surface area contributed by atoms with Crippen LogP contribution in [0.1, 0.15) is 24.6 Å². The first-order chi connectivity index (χ1) is 10.4. The summed E-state index contributed by atoms with van der Waals surface area (Å²) in [6.45, 7) is 0.773. The Morgan fingerprint density at radius 1 is 1.19 bits per heavy atom. The van der Waals surface area contributed by atoms with Crippen molar-refractivity contribution in [3.63, 3.8) is 0 Å². The minimum atomic E-state index is 0.658. The van der Waals surface area contributed by atoms with Gasteiger partial charge >= 0.3 is 0 Å². The summed E-state index contributed by atoms with van der Waals surface area (Å²) in [7, 11) is 0. The Labute approximate surface area is 123 Å². The Kier molecular flexibility index (Phi) is 2.96. The van der Waals surface area contributed by atoms with Gasteiger partial charge in [0.2, 0.25) is 0 Å². The zero-order valence-corrected chi connectivity index (χ0v) is 11.7. The van der Waals surface area contributed by atoms with Crippen LogP contribution in [-0.2, 0) is 6.54 Å². The molecule has 0 amide bonds. The highest BCUT2D eigenvalue weighted by Crippen LogP contribution is 2.35. The van der Waals surface area contributed by atoms with E-state index >= 15 is 0 Å². The van der Waals surface area contributed by atoms with Gasteiger partial charge in [-0.05, 0) is 31.0 Å². The summed E-state index contributed by atoms with van der Waals surface area (Å²) in [4.78, 5) is 4.27.